The van der Waals surface area contributed by atoms with Crippen LogP contribution < -0.4 is 5.32 Å². The topological polar surface area (TPSA) is 124 Å². The maximum Gasteiger partial charge on any atom is 0.408 e. The Kier molecular flexibility index (Phi) is 11.8. The Balaban J connectivity index is 2.26. The molecule has 1 rings (SSSR count). The van der Waals surface area contributed by atoms with Crippen molar-refractivity contribution in [2.75, 3.05) is 40.1 Å². The van der Waals surface area contributed by atoms with Crippen molar-refractivity contribution in [3.63, 3.8) is 0 Å². The van der Waals surface area contributed by atoms with E-state index in [1.54, 1.807) is 31.4 Å². The molecule has 0 radical (unpaired) electrons. The molecule has 1 amide bonds. The van der Waals surface area contributed by atoms with Gasteiger partial charge in [0.1, 0.15) is 6.61 Å². The van der Waals surface area contributed by atoms with Crippen LogP contribution in [0.1, 0.15) is 12.0 Å². The van der Waals surface area contributed by atoms with Crippen molar-refractivity contribution in [1.82, 2.24) is 5.32 Å². The molecule has 0 spiro atoms. The second-order valence-corrected chi connectivity index (χ2v) is 5.60. The predicted molar refractivity (Wildman–Crippen MR) is 95.3 cm³/mol. The number of aliphatic carboxylic acids is 1. The molecule has 1 aromatic carbocycles. The van der Waals surface area contributed by atoms with E-state index in [0.717, 1.165) is 5.56 Å². The van der Waals surface area contributed by atoms with Crippen molar-refractivity contribution in [3.8, 4) is 0 Å². The Morgan fingerprint density at radius 1 is 1.04 bits per heavy atom. The van der Waals surface area contributed by atoms with Crippen LogP contribution in [-0.4, -0.2) is 74.6 Å². The molecular formula is C18H27NO8. The number of amides is 1. The molecule has 2 atom stereocenters. The summed E-state index contributed by atoms with van der Waals surface area (Å²) in [7, 11) is 1.58. The number of aliphatic hydroxyl groups excluding tert-OH is 1. The first kappa shape index (κ1) is 22.8. The number of alkyl carbamates (subject to hydrolysis) is 1. The summed E-state index contributed by atoms with van der Waals surface area (Å²) in [4.78, 5) is 23.1. The van der Waals surface area contributed by atoms with E-state index in [9.17, 15) is 19.8 Å². The Bertz CT molecular complexity index is 539. The van der Waals surface area contributed by atoms with E-state index < -0.39 is 24.2 Å². The molecule has 1 unspecified atom stereocenters. The number of ether oxygens (including phenoxy) is 4. The second-order valence-electron chi connectivity index (χ2n) is 5.60. The Labute approximate surface area is 158 Å². The van der Waals surface area contributed by atoms with E-state index >= 15 is 0 Å². The third-order valence-electron chi connectivity index (χ3n) is 3.50. The van der Waals surface area contributed by atoms with Crippen molar-refractivity contribution in [2.24, 2.45) is 0 Å². The van der Waals surface area contributed by atoms with Gasteiger partial charge in [0, 0.05) is 13.7 Å². The maximum atomic E-state index is 11.8. The molecule has 0 heterocycles. The molecular weight excluding hydrogens is 358 g/mol. The van der Waals surface area contributed by atoms with E-state index in [-0.39, 0.29) is 19.6 Å². The van der Waals surface area contributed by atoms with Crippen LogP contribution in [-0.2, 0) is 30.3 Å². The number of hydrogen-bond acceptors (Lipinski definition) is 7. The van der Waals surface area contributed by atoms with Gasteiger partial charge >= 0.3 is 12.1 Å². The highest BCUT2D eigenvalue weighted by atomic mass is 16.6. The van der Waals surface area contributed by atoms with Gasteiger partial charge in [-0.15, -0.1) is 0 Å². The number of carbonyl (C=O) groups is 2. The normalized spacial score (nSPS) is 13.0. The monoisotopic (exact) mass is 385 g/mol. The summed E-state index contributed by atoms with van der Waals surface area (Å²) < 4.78 is 20.3. The van der Waals surface area contributed by atoms with Crippen LogP contribution in [0.5, 0.6) is 0 Å². The fourth-order valence-electron chi connectivity index (χ4n) is 2.05. The number of nitrogens with one attached hydrogen (secondary N) is 1. The molecule has 0 saturated carbocycles. The number of methoxy groups -OCH3 is 1. The van der Waals surface area contributed by atoms with Crippen molar-refractivity contribution in [3.05, 3.63) is 35.9 Å². The lowest BCUT2D eigenvalue weighted by Gasteiger charge is -2.20. The molecule has 3 N–H and O–H groups in total. The zero-order valence-corrected chi connectivity index (χ0v) is 15.3. The summed E-state index contributed by atoms with van der Waals surface area (Å²) in [6, 6.07) is 7.47. The van der Waals surface area contributed by atoms with E-state index in [1.807, 2.05) is 6.07 Å². The van der Waals surface area contributed by atoms with Gasteiger partial charge in [-0.05, 0) is 12.0 Å². The van der Waals surface area contributed by atoms with Crippen LogP contribution in [0.15, 0.2) is 30.3 Å². The molecule has 0 aromatic heterocycles. The van der Waals surface area contributed by atoms with Crippen LogP contribution in [0.3, 0.4) is 0 Å². The highest BCUT2D eigenvalue weighted by Crippen LogP contribution is 2.04. The first-order chi connectivity index (χ1) is 13.0. The van der Waals surface area contributed by atoms with Crippen molar-refractivity contribution in [1.29, 1.82) is 0 Å². The molecule has 0 aliphatic heterocycles. The zero-order valence-electron chi connectivity index (χ0n) is 15.3. The van der Waals surface area contributed by atoms with Gasteiger partial charge in [-0.3, -0.25) is 0 Å². The first-order valence-electron chi connectivity index (χ1n) is 8.57. The third-order valence-corrected chi connectivity index (χ3v) is 3.50. The lowest BCUT2D eigenvalue weighted by molar-refractivity contribution is -0.142. The van der Waals surface area contributed by atoms with E-state index in [1.165, 1.54) is 0 Å². The van der Waals surface area contributed by atoms with E-state index in [2.05, 4.69) is 5.32 Å². The van der Waals surface area contributed by atoms with Gasteiger partial charge in [0.05, 0.1) is 32.5 Å². The number of rotatable bonds is 14. The number of carbonyl (C=O) groups excluding carboxylic acids is 1. The smallest absolute Gasteiger partial charge is 0.408 e. The molecule has 152 valence electrons. The average Bonchev–Trinajstić information content (AvgIpc) is 2.67. The van der Waals surface area contributed by atoms with Crippen LogP contribution in [0, 0.1) is 0 Å². The van der Waals surface area contributed by atoms with Crippen LogP contribution in [0.25, 0.3) is 0 Å². The van der Waals surface area contributed by atoms with Gasteiger partial charge in [-0.2, -0.15) is 0 Å². The van der Waals surface area contributed by atoms with Gasteiger partial charge in [-0.1, -0.05) is 30.3 Å². The molecule has 0 fully saturated rings. The Morgan fingerprint density at radius 3 is 2.30 bits per heavy atom. The summed E-state index contributed by atoms with van der Waals surface area (Å²) in [5.74, 6) is -1.36. The van der Waals surface area contributed by atoms with Crippen molar-refractivity contribution >= 4 is 12.1 Å². The van der Waals surface area contributed by atoms with Gasteiger partial charge in [-0.25, -0.2) is 9.59 Å². The van der Waals surface area contributed by atoms with Crippen LogP contribution in [0.4, 0.5) is 4.79 Å². The predicted octanol–water partition coefficient (Wildman–Crippen LogP) is 0.797. The summed E-state index contributed by atoms with van der Waals surface area (Å²) >= 11 is 0. The third kappa shape index (κ3) is 10.5. The molecule has 9 heteroatoms. The fourth-order valence-corrected chi connectivity index (χ4v) is 2.05. The highest BCUT2D eigenvalue weighted by molar-refractivity contribution is 5.80. The molecule has 9 nitrogen and oxygen atoms in total. The van der Waals surface area contributed by atoms with Gasteiger partial charge in [0.15, 0.2) is 6.04 Å². The molecule has 0 bridgehead atoms. The van der Waals surface area contributed by atoms with Crippen molar-refractivity contribution in [2.45, 2.75) is 25.2 Å². The molecule has 0 saturated heterocycles. The summed E-state index contributed by atoms with van der Waals surface area (Å²) in [5, 5.41) is 21.4. The highest BCUT2D eigenvalue weighted by Gasteiger charge is 2.28. The van der Waals surface area contributed by atoms with E-state index in [4.69, 9.17) is 18.9 Å². The molecule has 0 aliphatic carbocycles. The number of carboxylic acids is 1. The average molecular weight is 385 g/mol. The standard InChI is InChI=1S/C18H27NO8/c1-24-9-10-26-12-11-25-8-7-15(20)16(17(21)22)19-18(23)27-13-14-5-3-2-4-6-14/h2-6,15-16,20H,7-13H2,1H3,(H,19,23)(H,21,22)/t15?,16-/m0/s1. The zero-order chi connectivity index (χ0) is 19.9. The minimum Gasteiger partial charge on any atom is -0.480 e. The number of aliphatic hydroxyl groups is 1. The van der Waals surface area contributed by atoms with Crippen LogP contribution in [0.2, 0.25) is 0 Å². The molecule has 0 aliphatic rings. The summed E-state index contributed by atoms with van der Waals surface area (Å²) in [6.07, 6.45) is -2.20. The minimum atomic E-state index is -1.49. The number of carboxylic acid groups (broad SMARTS) is 1. The largest absolute Gasteiger partial charge is 0.480 e. The van der Waals surface area contributed by atoms with Crippen molar-refractivity contribution < 1.29 is 38.7 Å². The Hall–Kier alpha value is -2.20. The second kappa shape index (κ2) is 13.9. The quantitative estimate of drug-likeness (QED) is 0.402. The SMILES string of the molecule is COCCOCCOCCC(O)[C@H](NC(=O)OCc1ccccc1)C(=O)O. The van der Waals surface area contributed by atoms with Crippen LogP contribution >= 0.6 is 0 Å². The first-order valence-corrected chi connectivity index (χ1v) is 8.57. The fraction of sp³-hybridized carbons (Fsp3) is 0.556. The molecule has 27 heavy (non-hydrogen) atoms. The molecule has 1 aromatic rings. The minimum absolute atomic E-state index is 0.00128. The van der Waals surface area contributed by atoms with Gasteiger partial charge in [0.2, 0.25) is 0 Å². The number of hydrogen-bond donors (Lipinski definition) is 3. The van der Waals surface area contributed by atoms with E-state index in [0.29, 0.717) is 26.4 Å². The maximum absolute atomic E-state index is 11.8. The van der Waals surface area contributed by atoms with Gasteiger partial charge < -0.3 is 34.5 Å². The lowest BCUT2D eigenvalue weighted by Crippen LogP contribution is -2.49. The Morgan fingerprint density at radius 2 is 1.67 bits per heavy atom. The lowest BCUT2D eigenvalue weighted by atomic mass is 10.1. The summed E-state index contributed by atoms with van der Waals surface area (Å²) in [6.45, 7) is 1.75. The number of benzene rings is 1. The summed E-state index contributed by atoms with van der Waals surface area (Å²) in [5.41, 5.74) is 0.765. The van der Waals surface area contributed by atoms with Gasteiger partial charge in [0.25, 0.3) is 0 Å².